The molecule has 87 heavy (non-hydrogen) atoms. The van der Waals surface area contributed by atoms with Crippen molar-refractivity contribution in [3.8, 4) is 0 Å². The van der Waals surface area contributed by atoms with Crippen molar-refractivity contribution in [3.63, 3.8) is 0 Å². The van der Waals surface area contributed by atoms with E-state index in [-0.39, 0.29) is 5.57 Å². The zero-order valence-corrected chi connectivity index (χ0v) is 49.8. The van der Waals surface area contributed by atoms with Gasteiger partial charge in [-0.1, -0.05) is 6.08 Å². The molecule has 34 heteroatoms. The Bertz CT molecular complexity index is 2600. The largest absolute Gasteiger partial charge is 0.463 e. The van der Waals surface area contributed by atoms with E-state index in [1.54, 1.807) is 0 Å². The number of carbonyl (C=O) groups is 14. The molecule has 3 saturated heterocycles. The molecule has 0 spiro atoms. The minimum absolute atomic E-state index is 0.0620. The minimum Gasteiger partial charge on any atom is -0.463 e. The second-order valence-corrected chi connectivity index (χ2v) is 19.7. The summed E-state index contributed by atoms with van der Waals surface area (Å²) in [4.78, 5) is 179. The third-order valence-electron chi connectivity index (χ3n) is 12.3. The third-order valence-corrected chi connectivity index (χ3v) is 12.3. The molecule has 19 atom stereocenters. The maximum absolute atomic E-state index is 13.3. The van der Waals surface area contributed by atoms with Gasteiger partial charge in [0.1, 0.15) is 56.9 Å². The van der Waals surface area contributed by atoms with Gasteiger partial charge in [-0.2, -0.15) is 0 Å². The standard InChI is InChI=1S/C53H71NO33/c1-20(55)69-16-34-15-35(41(74-25(6)60)45(76-27(8)62)40(34)73-24(5)59)54-39-36(17-70-21(2)56)83-52(48(79-30(11)65)44(39)75-26(7)61)86-43-38(19-72-23(4)58)85-53(50(81-32(13)67)47(43)78-29(10)64)87-42-37(18-71-22(3)57)84-51(82-33(14)68)49(80-31(12)66)46(42)77-28(9)63/h15,35-54H,16-19H2,1-14H3/t35-,36-,37-,38-,39-,40-,41+,42-,43-,44+,45+,46+,47+,48-,49-,50-,51?,52+,53+/m1/s1. The fourth-order valence-electron chi connectivity index (χ4n) is 9.58. The first-order valence-corrected chi connectivity index (χ1v) is 26.7. The van der Waals surface area contributed by atoms with E-state index in [4.69, 9.17) is 90.0 Å². The van der Waals surface area contributed by atoms with E-state index in [2.05, 4.69) is 5.32 Å². The van der Waals surface area contributed by atoms with Crippen LogP contribution in [0.25, 0.3) is 0 Å². The Morgan fingerprint density at radius 2 is 0.632 bits per heavy atom. The monoisotopic (exact) mass is 1250 g/mol. The second kappa shape index (κ2) is 32.7. The molecule has 1 unspecified atom stereocenters. The van der Waals surface area contributed by atoms with Crippen LogP contribution >= 0.6 is 0 Å². The fraction of sp³-hybridized carbons (Fsp3) is 0.698. The van der Waals surface area contributed by atoms with E-state index in [1.165, 1.54) is 6.08 Å². The average Bonchev–Trinajstić information content (AvgIpc) is 0.842. The summed E-state index contributed by atoms with van der Waals surface area (Å²) in [6.07, 6.45) is -31.0. The number of hydrogen-bond donors (Lipinski definition) is 1. The zero-order chi connectivity index (χ0) is 65.3. The zero-order valence-electron chi connectivity index (χ0n) is 49.8. The highest BCUT2D eigenvalue weighted by molar-refractivity contribution is 5.72. The van der Waals surface area contributed by atoms with Gasteiger partial charge in [-0.15, -0.1) is 0 Å². The maximum atomic E-state index is 13.3. The molecule has 1 aliphatic carbocycles. The number of nitrogens with one attached hydrogen (secondary N) is 1. The summed E-state index contributed by atoms with van der Waals surface area (Å²) in [7, 11) is 0. The van der Waals surface area contributed by atoms with Gasteiger partial charge in [0.15, 0.2) is 61.4 Å². The summed E-state index contributed by atoms with van der Waals surface area (Å²) in [6.45, 7) is 10.4. The van der Waals surface area contributed by atoms with E-state index >= 15 is 0 Å². The first-order chi connectivity index (χ1) is 40.6. The molecule has 0 amide bonds. The Kier molecular flexibility index (Phi) is 26.9. The SMILES string of the molecule is CC(=O)OCC1=C[C@@H](N[C@H]2[C@H](OC(C)=O)[C@@H](OC(C)=O)[C@H](O[C@H]3[C@H](OC(C)=O)[C@@H](OC(C)=O)[C@H](O[C@H]4[C@H](OC(C)=O)[C@@H](OC(C)=O)C(OC(C)=O)O[C@@H]4COC(C)=O)O[C@@H]3COC(C)=O)O[C@@H]2COC(C)=O)[C@H](OC(C)=O)[C@@H](OC(C)=O)[C@@H]1OC(C)=O. The van der Waals surface area contributed by atoms with Gasteiger partial charge >= 0.3 is 83.6 Å². The molecular formula is C53H71NO33. The van der Waals surface area contributed by atoms with Gasteiger partial charge in [0.2, 0.25) is 12.4 Å². The summed E-state index contributed by atoms with van der Waals surface area (Å²) in [5.41, 5.74) is -0.0620. The molecule has 0 aromatic carbocycles. The Morgan fingerprint density at radius 1 is 0.322 bits per heavy atom. The molecule has 4 rings (SSSR count). The number of rotatable bonds is 24. The van der Waals surface area contributed by atoms with Gasteiger partial charge in [-0.25, -0.2) is 0 Å². The van der Waals surface area contributed by atoms with Gasteiger partial charge in [0, 0.05) is 103 Å². The molecule has 0 saturated carbocycles. The van der Waals surface area contributed by atoms with Gasteiger partial charge in [-0.3, -0.25) is 72.4 Å². The molecule has 486 valence electrons. The highest BCUT2D eigenvalue weighted by atomic mass is 16.8. The predicted octanol–water partition coefficient (Wildman–Crippen LogP) is -1.60. The Morgan fingerprint density at radius 3 is 1.02 bits per heavy atom. The lowest BCUT2D eigenvalue weighted by molar-refractivity contribution is -0.375. The molecule has 0 radical (unpaired) electrons. The molecule has 3 fully saturated rings. The van der Waals surface area contributed by atoms with Crippen LogP contribution in [0, 0.1) is 0 Å². The van der Waals surface area contributed by atoms with Crippen LogP contribution in [-0.2, 0) is 157 Å². The quantitative estimate of drug-likeness (QED) is 0.0646. The highest BCUT2D eigenvalue weighted by Gasteiger charge is 2.61. The van der Waals surface area contributed by atoms with Crippen molar-refractivity contribution in [2.24, 2.45) is 0 Å². The third kappa shape index (κ3) is 21.8. The Balaban J connectivity index is 2.01. The van der Waals surface area contributed by atoms with Crippen LogP contribution in [0.3, 0.4) is 0 Å². The van der Waals surface area contributed by atoms with Crippen LogP contribution in [0.15, 0.2) is 11.6 Å². The number of carbonyl (C=O) groups excluding carboxylic acids is 14. The topological polar surface area (TPSA) is 426 Å². The van der Waals surface area contributed by atoms with Crippen molar-refractivity contribution in [2.45, 2.75) is 213 Å². The van der Waals surface area contributed by atoms with Gasteiger partial charge in [0.05, 0.1) is 12.1 Å². The molecular weight excluding hydrogens is 1180 g/mol. The van der Waals surface area contributed by atoms with Crippen molar-refractivity contribution < 1.29 is 157 Å². The molecule has 0 aromatic heterocycles. The molecule has 34 nitrogen and oxygen atoms in total. The first-order valence-electron chi connectivity index (χ1n) is 26.7. The molecule has 3 heterocycles. The minimum atomic E-state index is -2.16. The summed E-state index contributed by atoms with van der Waals surface area (Å²) in [6, 6.07) is -3.17. The maximum Gasteiger partial charge on any atom is 0.305 e. The van der Waals surface area contributed by atoms with Gasteiger partial charge in [-0.05, 0) is 0 Å². The van der Waals surface area contributed by atoms with Crippen LogP contribution in [0.4, 0.5) is 0 Å². The van der Waals surface area contributed by atoms with Crippen LogP contribution in [0.1, 0.15) is 96.9 Å². The van der Waals surface area contributed by atoms with E-state index in [0.29, 0.717) is 0 Å². The number of esters is 14. The molecule has 1 N–H and O–H groups in total. The summed E-state index contributed by atoms with van der Waals surface area (Å²) < 4.78 is 109. The van der Waals surface area contributed by atoms with Crippen LogP contribution in [0.5, 0.6) is 0 Å². The van der Waals surface area contributed by atoms with E-state index < -0.39 is 226 Å². The second-order valence-electron chi connectivity index (χ2n) is 19.7. The lowest BCUT2D eigenvalue weighted by atomic mass is 9.85. The summed E-state index contributed by atoms with van der Waals surface area (Å²) >= 11 is 0. The van der Waals surface area contributed by atoms with E-state index in [1.807, 2.05) is 0 Å². The average molecular weight is 1250 g/mol. The fourth-order valence-corrected chi connectivity index (χ4v) is 9.58. The van der Waals surface area contributed by atoms with Crippen molar-refractivity contribution in [3.05, 3.63) is 11.6 Å². The molecule has 0 bridgehead atoms. The van der Waals surface area contributed by atoms with Crippen molar-refractivity contribution in [1.82, 2.24) is 5.32 Å². The van der Waals surface area contributed by atoms with E-state index in [9.17, 15) is 67.1 Å². The highest BCUT2D eigenvalue weighted by Crippen LogP contribution is 2.39. The summed E-state index contributed by atoms with van der Waals surface area (Å²) in [5.74, 6) is -14.1. The van der Waals surface area contributed by atoms with Crippen LogP contribution in [-0.4, -0.2) is 226 Å². The summed E-state index contributed by atoms with van der Waals surface area (Å²) in [5, 5.41) is 3.06. The lowest BCUT2D eigenvalue weighted by Gasteiger charge is -2.51. The Labute approximate surface area is 496 Å². The van der Waals surface area contributed by atoms with Gasteiger partial charge in [0.25, 0.3) is 0 Å². The van der Waals surface area contributed by atoms with Crippen LogP contribution < -0.4 is 5.32 Å². The van der Waals surface area contributed by atoms with Crippen molar-refractivity contribution in [1.29, 1.82) is 0 Å². The van der Waals surface area contributed by atoms with Crippen LogP contribution in [0.2, 0.25) is 0 Å². The van der Waals surface area contributed by atoms with Crippen molar-refractivity contribution >= 4 is 83.6 Å². The Hall–Kier alpha value is -7.92. The molecule has 0 aromatic rings. The number of ether oxygens (including phenoxy) is 19. The number of hydrogen-bond acceptors (Lipinski definition) is 34. The normalized spacial score (nSPS) is 31.0. The predicted molar refractivity (Wildman–Crippen MR) is 273 cm³/mol. The van der Waals surface area contributed by atoms with Crippen molar-refractivity contribution in [2.75, 3.05) is 26.4 Å². The van der Waals surface area contributed by atoms with Gasteiger partial charge < -0.3 is 90.0 Å². The van der Waals surface area contributed by atoms with E-state index in [0.717, 1.165) is 96.9 Å². The molecule has 3 aliphatic heterocycles. The molecule has 4 aliphatic rings. The lowest BCUT2D eigenvalue weighted by Crippen LogP contribution is -2.71. The first kappa shape index (κ1) is 71.6. The smallest absolute Gasteiger partial charge is 0.305 e.